The lowest BCUT2D eigenvalue weighted by molar-refractivity contribution is -0.117. The lowest BCUT2D eigenvalue weighted by Crippen LogP contribution is -2.18. The summed E-state index contributed by atoms with van der Waals surface area (Å²) in [6.07, 6.45) is 2.61. The number of ether oxygens (including phenoxy) is 1. The van der Waals surface area contributed by atoms with E-state index < -0.39 is 0 Å². The van der Waals surface area contributed by atoms with Gasteiger partial charge in [0.2, 0.25) is 5.91 Å². The quantitative estimate of drug-likeness (QED) is 0.838. The molecule has 1 aliphatic rings. The van der Waals surface area contributed by atoms with Gasteiger partial charge in [0.25, 0.3) is 0 Å². The summed E-state index contributed by atoms with van der Waals surface area (Å²) in [4.78, 5) is 11.6. The topological polar surface area (TPSA) is 50.4 Å². The predicted molar refractivity (Wildman–Crippen MR) is 68.4 cm³/mol. The highest BCUT2D eigenvalue weighted by molar-refractivity contribution is 5.95. The molecule has 1 heterocycles. The van der Waals surface area contributed by atoms with Crippen LogP contribution in [0.5, 0.6) is 0 Å². The lowest BCUT2D eigenvalue weighted by Gasteiger charge is -2.21. The Morgan fingerprint density at radius 1 is 1.53 bits per heavy atom. The SMILES string of the molecule is COCCC(=O)Nc1cccc2c1NCCC2. The average molecular weight is 234 g/mol. The Labute approximate surface area is 101 Å². The minimum absolute atomic E-state index is 0.00683. The minimum Gasteiger partial charge on any atom is -0.384 e. The summed E-state index contributed by atoms with van der Waals surface area (Å²) in [5.74, 6) is -0.00683. The molecule has 0 fully saturated rings. The highest BCUT2D eigenvalue weighted by atomic mass is 16.5. The molecule has 2 rings (SSSR count). The van der Waals surface area contributed by atoms with Crippen LogP contribution in [0.4, 0.5) is 11.4 Å². The third kappa shape index (κ3) is 2.97. The molecular weight excluding hydrogens is 216 g/mol. The Kier molecular flexibility index (Phi) is 3.98. The van der Waals surface area contributed by atoms with Gasteiger partial charge >= 0.3 is 0 Å². The zero-order valence-electron chi connectivity index (χ0n) is 10.1. The van der Waals surface area contributed by atoms with E-state index in [0.717, 1.165) is 30.8 Å². The summed E-state index contributed by atoms with van der Waals surface area (Å²) in [7, 11) is 1.60. The highest BCUT2D eigenvalue weighted by Gasteiger charge is 2.13. The maximum atomic E-state index is 11.6. The largest absolute Gasteiger partial charge is 0.384 e. The Bertz CT molecular complexity index is 404. The maximum Gasteiger partial charge on any atom is 0.226 e. The molecule has 0 bridgehead atoms. The van der Waals surface area contributed by atoms with E-state index >= 15 is 0 Å². The summed E-state index contributed by atoms with van der Waals surface area (Å²) >= 11 is 0. The molecule has 0 spiro atoms. The Balaban J connectivity index is 2.08. The normalized spacial score (nSPS) is 13.7. The van der Waals surface area contributed by atoms with Crippen LogP contribution < -0.4 is 10.6 Å². The van der Waals surface area contributed by atoms with E-state index in [9.17, 15) is 4.79 Å². The number of anilines is 2. The van der Waals surface area contributed by atoms with Crippen LogP contribution in [0.2, 0.25) is 0 Å². The number of hydrogen-bond donors (Lipinski definition) is 2. The number of nitrogens with one attached hydrogen (secondary N) is 2. The van der Waals surface area contributed by atoms with Crippen LogP contribution in [0.1, 0.15) is 18.4 Å². The first-order chi connectivity index (χ1) is 8.31. The van der Waals surface area contributed by atoms with Crippen LogP contribution in [0, 0.1) is 0 Å². The molecule has 0 atom stereocenters. The van der Waals surface area contributed by atoms with E-state index in [-0.39, 0.29) is 5.91 Å². The fraction of sp³-hybridized carbons (Fsp3) is 0.462. The van der Waals surface area contributed by atoms with Crippen LogP contribution in [-0.2, 0) is 16.0 Å². The number of benzene rings is 1. The molecule has 2 N–H and O–H groups in total. The van der Waals surface area contributed by atoms with E-state index in [1.165, 1.54) is 5.56 Å². The van der Waals surface area contributed by atoms with Crippen molar-refractivity contribution in [2.45, 2.75) is 19.3 Å². The molecule has 0 radical (unpaired) electrons. The van der Waals surface area contributed by atoms with Gasteiger partial charge in [0.05, 0.1) is 24.4 Å². The number of fused-ring (bicyclic) bond motifs is 1. The first-order valence-electron chi connectivity index (χ1n) is 5.96. The first-order valence-corrected chi connectivity index (χ1v) is 5.96. The molecule has 0 saturated heterocycles. The lowest BCUT2D eigenvalue weighted by atomic mass is 10.0. The standard InChI is InChI=1S/C13H18N2O2/c1-17-9-7-12(16)15-11-6-2-4-10-5-3-8-14-13(10)11/h2,4,6,14H,3,5,7-9H2,1H3,(H,15,16). The van der Waals surface area contributed by atoms with Crippen molar-refractivity contribution in [3.05, 3.63) is 23.8 Å². The molecule has 4 nitrogen and oxygen atoms in total. The number of methoxy groups -OCH3 is 1. The van der Waals surface area contributed by atoms with Crippen LogP contribution in [0.3, 0.4) is 0 Å². The van der Waals surface area contributed by atoms with Gasteiger partial charge < -0.3 is 15.4 Å². The fourth-order valence-corrected chi connectivity index (χ4v) is 2.02. The maximum absolute atomic E-state index is 11.6. The number of para-hydroxylation sites is 1. The Hall–Kier alpha value is -1.55. The molecule has 1 aromatic carbocycles. The molecule has 17 heavy (non-hydrogen) atoms. The van der Waals surface area contributed by atoms with Crippen molar-refractivity contribution in [1.29, 1.82) is 0 Å². The van der Waals surface area contributed by atoms with Crippen molar-refractivity contribution in [2.75, 3.05) is 30.9 Å². The zero-order valence-corrected chi connectivity index (χ0v) is 10.1. The second kappa shape index (κ2) is 5.68. The van der Waals surface area contributed by atoms with Crippen molar-refractivity contribution in [3.63, 3.8) is 0 Å². The van der Waals surface area contributed by atoms with Gasteiger partial charge in [-0.15, -0.1) is 0 Å². The van der Waals surface area contributed by atoms with E-state index in [0.29, 0.717) is 13.0 Å². The third-order valence-corrected chi connectivity index (χ3v) is 2.88. The summed E-state index contributed by atoms with van der Waals surface area (Å²) in [6, 6.07) is 6.02. The number of carbonyl (C=O) groups is 1. The summed E-state index contributed by atoms with van der Waals surface area (Å²) in [5, 5.41) is 6.27. The van der Waals surface area contributed by atoms with E-state index in [2.05, 4.69) is 16.7 Å². The van der Waals surface area contributed by atoms with Gasteiger partial charge in [0.1, 0.15) is 0 Å². The molecule has 0 saturated carbocycles. The van der Waals surface area contributed by atoms with Crippen LogP contribution >= 0.6 is 0 Å². The van der Waals surface area contributed by atoms with Crippen LogP contribution in [0.15, 0.2) is 18.2 Å². The van der Waals surface area contributed by atoms with Crippen LogP contribution in [0.25, 0.3) is 0 Å². The summed E-state index contributed by atoms with van der Waals surface area (Å²) in [6.45, 7) is 1.42. The second-order valence-corrected chi connectivity index (χ2v) is 4.16. The highest BCUT2D eigenvalue weighted by Crippen LogP contribution is 2.29. The van der Waals surface area contributed by atoms with Gasteiger partial charge in [-0.2, -0.15) is 0 Å². The predicted octanol–water partition coefficient (Wildman–Crippen LogP) is 2.02. The van der Waals surface area contributed by atoms with E-state index in [1.54, 1.807) is 7.11 Å². The fourth-order valence-electron chi connectivity index (χ4n) is 2.02. The van der Waals surface area contributed by atoms with Crippen LogP contribution in [-0.4, -0.2) is 26.2 Å². The average Bonchev–Trinajstić information content (AvgIpc) is 2.37. The molecule has 0 aromatic heterocycles. The van der Waals surface area contributed by atoms with Gasteiger partial charge in [-0.05, 0) is 24.5 Å². The van der Waals surface area contributed by atoms with Gasteiger partial charge in [0.15, 0.2) is 0 Å². The van der Waals surface area contributed by atoms with Gasteiger partial charge in [0, 0.05) is 13.7 Å². The van der Waals surface area contributed by atoms with Crippen molar-refractivity contribution in [1.82, 2.24) is 0 Å². The van der Waals surface area contributed by atoms with Crippen molar-refractivity contribution < 1.29 is 9.53 Å². The third-order valence-electron chi connectivity index (χ3n) is 2.88. The first kappa shape index (κ1) is 11.9. The monoisotopic (exact) mass is 234 g/mol. The molecule has 1 aromatic rings. The number of aryl methyl sites for hydroxylation is 1. The zero-order chi connectivity index (χ0) is 12.1. The molecule has 1 aliphatic heterocycles. The molecule has 1 amide bonds. The molecule has 92 valence electrons. The summed E-state index contributed by atoms with van der Waals surface area (Å²) < 4.78 is 4.89. The van der Waals surface area contributed by atoms with Crippen molar-refractivity contribution in [2.24, 2.45) is 0 Å². The van der Waals surface area contributed by atoms with Gasteiger partial charge in [-0.1, -0.05) is 12.1 Å². The van der Waals surface area contributed by atoms with Crippen molar-refractivity contribution in [3.8, 4) is 0 Å². The molecule has 0 unspecified atom stereocenters. The Morgan fingerprint density at radius 3 is 3.24 bits per heavy atom. The number of hydrogen-bond acceptors (Lipinski definition) is 3. The van der Waals surface area contributed by atoms with Gasteiger partial charge in [-0.3, -0.25) is 4.79 Å². The molecule has 4 heteroatoms. The number of amides is 1. The van der Waals surface area contributed by atoms with Crippen molar-refractivity contribution >= 4 is 17.3 Å². The summed E-state index contributed by atoms with van der Waals surface area (Å²) in [5.41, 5.74) is 3.23. The minimum atomic E-state index is -0.00683. The number of carbonyl (C=O) groups excluding carboxylic acids is 1. The second-order valence-electron chi connectivity index (χ2n) is 4.16. The van der Waals surface area contributed by atoms with E-state index in [4.69, 9.17) is 4.74 Å². The van der Waals surface area contributed by atoms with Gasteiger partial charge in [-0.25, -0.2) is 0 Å². The molecular formula is C13H18N2O2. The molecule has 0 aliphatic carbocycles. The Morgan fingerprint density at radius 2 is 2.41 bits per heavy atom. The van der Waals surface area contributed by atoms with E-state index in [1.807, 2.05) is 12.1 Å². The smallest absolute Gasteiger partial charge is 0.226 e. The number of rotatable bonds is 4.